The quantitative estimate of drug-likeness (QED) is 0.636. The van der Waals surface area contributed by atoms with Crippen LogP contribution in [0, 0.1) is 0 Å². The van der Waals surface area contributed by atoms with Crippen LogP contribution in [0.5, 0.6) is 0 Å². The van der Waals surface area contributed by atoms with Crippen LogP contribution in [0.25, 0.3) is 11.3 Å². The van der Waals surface area contributed by atoms with Crippen molar-refractivity contribution >= 4 is 44.0 Å². The number of aromatic nitrogens is 2. The first-order valence-corrected chi connectivity index (χ1v) is 10.4. The minimum Gasteiger partial charge on any atom is -0.298 e. The lowest BCUT2D eigenvalue weighted by molar-refractivity contribution is 0.102. The molecule has 0 aliphatic heterocycles. The number of hydrogen-bond acceptors (Lipinski definition) is 6. The molecule has 140 valence electrons. The van der Waals surface area contributed by atoms with Crippen molar-refractivity contribution in [1.82, 2.24) is 14.3 Å². The summed E-state index contributed by atoms with van der Waals surface area (Å²) in [6, 6.07) is 9.60. The molecule has 2 heterocycles. The van der Waals surface area contributed by atoms with Gasteiger partial charge in [-0.25, -0.2) is 22.7 Å². The topological polar surface area (TPSA) is 92.3 Å². The smallest absolute Gasteiger partial charge is 0.260 e. The highest BCUT2D eigenvalue weighted by atomic mass is 35.5. The third-order valence-corrected chi connectivity index (χ3v) is 6.55. The Balaban J connectivity index is 1.78. The van der Waals surface area contributed by atoms with Gasteiger partial charge in [0.1, 0.15) is 5.15 Å². The average Bonchev–Trinajstić information content (AvgIpc) is 3.10. The van der Waals surface area contributed by atoms with Crippen LogP contribution in [0.15, 0.2) is 52.9 Å². The van der Waals surface area contributed by atoms with Gasteiger partial charge in [0.05, 0.1) is 16.2 Å². The highest BCUT2D eigenvalue weighted by Gasteiger charge is 2.17. The monoisotopic (exact) mass is 422 g/mol. The Bertz CT molecular complexity index is 1080. The van der Waals surface area contributed by atoms with Gasteiger partial charge < -0.3 is 0 Å². The first kappa shape index (κ1) is 19.4. The fourth-order valence-corrected chi connectivity index (χ4v) is 4.01. The van der Waals surface area contributed by atoms with Crippen LogP contribution in [0.3, 0.4) is 0 Å². The highest BCUT2D eigenvalue weighted by molar-refractivity contribution is 7.89. The van der Waals surface area contributed by atoms with Crippen LogP contribution in [0.4, 0.5) is 5.13 Å². The molecule has 1 aromatic carbocycles. The van der Waals surface area contributed by atoms with Crippen molar-refractivity contribution < 1.29 is 13.2 Å². The van der Waals surface area contributed by atoms with E-state index in [1.54, 1.807) is 29.6 Å². The summed E-state index contributed by atoms with van der Waals surface area (Å²) in [5.74, 6) is -0.401. The summed E-state index contributed by atoms with van der Waals surface area (Å²) in [7, 11) is -0.523. The maximum absolute atomic E-state index is 12.3. The fourth-order valence-electron chi connectivity index (χ4n) is 2.19. The standard InChI is InChI=1S/C17H15ClN4O3S2/c1-22(2)27(24,25)12-7-5-11(6-8-12)14-10-26-17(20-14)21-16(23)13-4-3-9-19-15(13)18/h3-10H,1-2H3,(H,20,21,23). The maximum atomic E-state index is 12.3. The number of anilines is 1. The van der Waals surface area contributed by atoms with E-state index >= 15 is 0 Å². The number of nitrogens with one attached hydrogen (secondary N) is 1. The Morgan fingerprint density at radius 3 is 2.52 bits per heavy atom. The van der Waals surface area contributed by atoms with E-state index in [0.717, 1.165) is 9.87 Å². The number of carbonyl (C=O) groups excluding carboxylic acids is 1. The van der Waals surface area contributed by atoms with E-state index in [4.69, 9.17) is 11.6 Å². The van der Waals surface area contributed by atoms with Crippen LogP contribution >= 0.6 is 22.9 Å². The zero-order valence-electron chi connectivity index (χ0n) is 14.4. The molecule has 0 aliphatic carbocycles. The van der Waals surface area contributed by atoms with Gasteiger partial charge in [0, 0.05) is 31.2 Å². The van der Waals surface area contributed by atoms with E-state index in [1.165, 1.54) is 43.8 Å². The number of benzene rings is 1. The average molecular weight is 423 g/mol. The van der Waals surface area contributed by atoms with Gasteiger partial charge in [-0.15, -0.1) is 11.3 Å². The minimum atomic E-state index is -3.48. The van der Waals surface area contributed by atoms with Crippen LogP contribution in [-0.2, 0) is 10.0 Å². The number of rotatable bonds is 5. The van der Waals surface area contributed by atoms with Crippen LogP contribution in [0.2, 0.25) is 5.15 Å². The Morgan fingerprint density at radius 2 is 1.89 bits per heavy atom. The predicted molar refractivity (Wildman–Crippen MR) is 106 cm³/mol. The molecule has 7 nitrogen and oxygen atoms in total. The molecule has 27 heavy (non-hydrogen) atoms. The lowest BCUT2D eigenvalue weighted by Gasteiger charge is -2.11. The molecule has 2 aromatic heterocycles. The molecule has 0 bridgehead atoms. The normalized spacial score (nSPS) is 11.6. The SMILES string of the molecule is CN(C)S(=O)(=O)c1ccc(-c2csc(NC(=O)c3cccnc3Cl)n2)cc1. The number of thiazole rings is 1. The second-order valence-corrected chi connectivity index (χ2v) is 9.01. The number of hydrogen-bond donors (Lipinski definition) is 1. The lowest BCUT2D eigenvalue weighted by Crippen LogP contribution is -2.22. The molecule has 0 fully saturated rings. The van der Waals surface area contributed by atoms with Crippen molar-refractivity contribution in [2.75, 3.05) is 19.4 Å². The van der Waals surface area contributed by atoms with Crippen molar-refractivity contribution in [1.29, 1.82) is 0 Å². The lowest BCUT2D eigenvalue weighted by atomic mass is 10.2. The van der Waals surface area contributed by atoms with E-state index in [1.807, 2.05) is 0 Å². The third kappa shape index (κ3) is 4.16. The summed E-state index contributed by atoms with van der Waals surface area (Å²) < 4.78 is 25.4. The van der Waals surface area contributed by atoms with E-state index in [-0.39, 0.29) is 15.6 Å². The summed E-state index contributed by atoms with van der Waals surface area (Å²) in [6.07, 6.45) is 1.50. The summed E-state index contributed by atoms with van der Waals surface area (Å²) >= 11 is 7.17. The van der Waals surface area contributed by atoms with Crippen molar-refractivity contribution in [2.45, 2.75) is 4.90 Å². The predicted octanol–water partition coefficient (Wildman–Crippen LogP) is 3.36. The van der Waals surface area contributed by atoms with Gasteiger partial charge in [-0.1, -0.05) is 23.7 Å². The van der Waals surface area contributed by atoms with Gasteiger partial charge in [-0.3, -0.25) is 10.1 Å². The maximum Gasteiger partial charge on any atom is 0.260 e. The molecule has 0 saturated carbocycles. The van der Waals surface area contributed by atoms with E-state index in [0.29, 0.717) is 10.8 Å². The number of carbonyl (C=O) groups is 1. The second kappa shape index (κ2) is 7.73. The van der Waals surface area contributed by atoms with Gasteiger partial charge in [-0.2, -0.15) is 0 Å². The van der Waals surface area contributed by atoms with Gasteiger partial charge in [0.25, 0.3) is 5.91 Å². The molecule has 1 amide bonds. The second-order valence-electron chi connectivity index (χ2n) is 5.65. The molecular formula is C17H15ClN4O3S2. The largest absolute Gasteiger partial charge is 0.298 e. The third-order valence-electron chi connectivity index (χ3n) is 3.66. The zero-order chi connectivity index (χ0) is 19.6. The molecule has 0 atom stereocenters. The molecule has 0 unspecified atom stereocenters. The molecule has 3 aromatic rings. The Kier molecular flexibility index (Phi) is 5.56. The number of sulfonamides is 1. The van der Waals surface area contributed by atoms with Gasteiger partial charge in [0.15, 0.2) is 5.13 Å². The number of amides is 1. The zero-order valence-corrected chi connectivity index (χ0v) is 16.8. The number of halogens is 1. The first-order valence-electron chi connectivity index (χ1n) is 7.69. The molecule has 0 saturated heterocycles. The Morgan fingerprint density at radius 1 is 1.19 bits per heavy atom. The first-order chi connectivity index (χ1) is 12.8. The number of nitrogens with zero attached hydrogens (tertiary/aromatic N) is 3. The highest BCUT2D eigenvalue weighted by Crippen LogP contribution is 2.27. The van der Waals surface area contributed by atoms with Crippen LogP contribution < -0.4 is 5.32 Å². The summed E-state index contributed by atoms with van der Waals surface area (Å²) in [6.45, 7) is 0. The summed E-state index contributed by atoms with van der Waals surface area (Å²) in [5.41, 5.74) is 1.62. The Hall–Kier alpha value is -2.33. The molecule has 10 heteroatoms. The Labute approximate surface area is 165 Å². The van der Waals surface area contributed by atoms with E-state index < -0.39 is 15.9 Å². The number of pyridine rings is 1. The summed E-state index contributed by atoms with van der Waals surface area (Å²) in [5, 5.41) is 4.97. The van der Waals surface area contributed by atoms with Crippen molar-refractivity contribution in [3.8, 4) is 11.3 Å². The van der Waals surface area contributed by atoms with Crippen molar-refractivity contribution in [3.63, 3.8) is 0 Å². The van der Waals surface area contributed by atoms with E-state index in [2.05, 4.69) is 15.3 Å². The molecule has 0 aliphatic rings. The molecule has 0 spiro atoms. The van der Waals surface area contributed by atoms with Crippen molar-refractivity contribution in [3.05, 3.63) is 58.7 Å². The molecule has 1 N–H and O–H groups in total. The molecule has 3 rings (SSSR count). The van der Waals surface area contributed by atoms with E-state index in [9.17, 15) is 13.2 Å². The molecular weight excluding hydrogens is 408 g/mol. The van der Waals surface area contributed by atoms with Crippen LogP contribution in [-0.4, -0.2) is 42.7 Å². The van der Waals surface area contributed by atoms with Gasteiger partial charge in [0.2, 0.25) is 10.0 Å². The molecule has 0 radical (unpaired) electrons. The van der Waals surface area contributed by atoms with Gasteiger partial charge >= 0.3 is 0 Å². The van der Waals surface area contributed by atoms with Crippen LogP contribution in [0.1, 0.15) is 10.4 Å². The fraction of sp³-hybridized carbons (Fsp3) is 0.118. The summed E-state index contributed by atoms with van der Waals surface area (Å²) in [4.78, 5) is 20.7. The van der Waals surface area contributed by atoms with Gasteiger partial charge in [-0.05, 0) is 24.3 Å². The van der Waals surface area contributed by atoms with Crippen molar-refractivity contribution in [2.24, 2.45) is 0 Å². The minimum absolute atomic E-state index is 0.115.